The Labute approximate surface area is 52.7 Å². The van der Waals surface area contributed by atoms with E-state index in [1.807, 2.05) is 0 Å². The van der Waals surface area contributed by atoms with Gasteiger partial charge in [-0.3, -0.25) is 0 Å². The van der Waals surface area contributed by atoms with Crippen LogP contribution in [0.25, 0.3) is 0 Å². The number of hydrogen-bond donors (Lipinski definition) is 0. The van der Waals surface area contributed by atoms with Crippen molar-refractivity contribution in [2.75, 3.05) is 0 Å². The SMILES string of the molecule is B#[S-](I)I. The molecule has 0 rings (SSSR count). The molecule has 0 radical (unpaired) electrons. The Bertz CT molecular complexity index is 52.2. The van der Waals surface area contributed by atoms with Crippen LogP contribution in [0.5, 0.6) is 0 Å². The maximum atomic E-state index is 5.11. The maximum absolute atomic E-state index is 5.11. The first-order valence-electron chi connectivity index (χ1n) is 0.544. The van der Waals surface area contributed by atoms with E-state index in [2.05, 4.69) is 42.4 Å². The molecule has 0 nitrogen and oxygen atoms in total. The van der Waals surface area contributed by atoms with E-state index in [0.717, 1.165) is 0 Å². The first-order valence-corrected chi connectivity index (χ1v) is 6.92. The summed E-state index contributed by atoms with van der Waals surface area (Å²) in [7, 11) is 0. The fourth-order valence-corrected chi connectivity index (χ4v) is 0. The second-order valence-electron chi connectivity index (χ2n) is 0.236. The molecule has 0 atom stereocenters. The zero-order valence-corrected chi connectivity index (χ0v) is 6.87. The monoisotopic (exact) mass is 297 g/mol. The molecular weight excluding hydrogens is 297 g/mol. The van der Waals surface area contributed by atoms with Gasteiger partial charge in [0.15, 0.2) is 0 Å². The fraction of sp³-hybridized carbons (Fsp3) is 0. The van der Waals surface area contributed by atoms with Crippen LogP contribution in [0.3, 0.4) is 0 Å². The van der Waals surface area contributed by atoms with Crippen molar-refractivity contribution < 1.29 is 0 Å². The van der Waals surface area contributed by atoms with E-state index in [0.29, 0.717) is 0 Å². The van der Waals surface area contributed by atoms with Gasteiger partial charge in [0.2, 0.25) is 0 Å². The molecular formula is BI2S-. The summed E-state index contributed by atoms with van der Waals surface area (Å²) in [6.45, 7) is 5.11. The van der Waals surface area contributed by atoms with Gasteiger partial charge in [0, 0.05) is 0 Å². The van der Waals surface area contributed by atoms with Gasteiger partial charge in [0.1, 0.15) is 0 Å². The molecule has 0 fully saturated rings. The van der Waals surface area contributed by atoms with Gasteiger partial charge >= 0.3 is 53.4 Å². The molecule has 0 aromatic carbocycles. The normalized spacial score (nSPS) is 9.25. The summed E-state index contributed by atoms with van der Waals surface area (Å²) in [5.74, 6) is 0. The Kier molecular flexibility index (Phi) is 4.52. The molecule has 24 valence electrons. The molecule has 0 heterocycles. The molecule has 0 aliphatic heterocycles. The average Bonchev–Trinajstić information content (AvgIpc) is 0.811. The summed E-state index contributed by atoms with van der Waals surface area (Å²) in [5.41, 5.74) is 0. The van der Waals surface area contributed by atoms with Crippen LogP contribution < -0.4 is 0 Å². The molecule has 4 heavy (non-hydrogen) atoms. The molecule has 4 heteroatoms. The van der Waals surface area contributed by atoms with Crippen LogP contribution in [0.1, 0.15) is 0 Å². The van der Waals surface area contributed by atoms with Crippen LogP contribution in [-0.2, 0) is 4.47 Å². The molecule has 0 N–H and O–H groups in total. The van der Waals surface area contributed by atoms with Gasteiger partial charge in [-0.15, -0.1) is 0 Å². The Hall–Kier alpha value is 1.87. The van der Waals surface area contributed by atoms with Crippen molar-refractivity contribution in [2.45, 2.75) is 0 Å². The predicted molar refractivity (Wildman–Crippen MR) is 41.2 cm³/mol. The minimum absolute atomic E-state index is 0.0789. The van der Waals surface area contributed by atoms with Gasteiger partial charge in [0.05, 0.1) is 0 Å². The van der Waals surface area contributed by atoms with Crippen molar-refractivity contribution in [1.82, 2.24) is 0 Å². The van der Waals surface area contributed by atoms with Crippen LogP contribution in [0.4, 0.5) is 0 Å². The third kappa shape index (κ3) is 9.11. The van der Waals surface area contributed by atoms with E-state index in [4.69, 9.17) is 6.53 Å². The number of hydrogen-bond acceptors (Lipinski definition) is 1. The number of rotatable bonds is 0. The van der Waals surface area contributed by atoms with Crippen molar-refractivity contribution in [2.24, 2.45) is 0 Å². The van der Waals surface area contributed by atoms with Gasteiger partial charge in [-0.2, -0.15) is 0 Å². The molecule has 0 saturated carbocycles. The van der Waals surface area contributed by atoms with Gasteiger partial charge < -0.3 is 0 Å². The number of halogens is 2. The second kappa shape index (κ2) is 3.08. The van der Waals surface area contributed by atoms with Crippen molar-refractivity contribution in [3.05, 3.63) is 0 Å². The van der Waals surface area contributed by atoms with E-state index >= 15 is 0 Å². The zero-order chi connectivity index (χ0) is 3.58. The van der Waals surface area contributed by atoms with E-state index in [-0.39, 0.29) is 4.47 Å². The molecule has 0 saturated heterocycles. The standard InChI is InChI=1S/BI2S/c1-4(2)3/q-1. The Morgan fingerprint density at radius 2 is 1.50 bits per heavy atom. The third-order valence-electron chi connectivity index (χ3n) is 0. The van der Waals surface area contributed by atoms with Crippen LogP contribution in [0.15, 0.2) is 0 Å². The summed E-state index contributed by atoms with van der Waals surface area (Å²) in [6, 6.07) is 0. The van der Waals surface area contributed by atoms with E-state index in [1.165, 1.54) is 0 Å². The third-order valence-corrected chi connectivity index (χ3v) is 0. The van der Waals surface area contributed by atoms with Crippen molar-refractivity contribution >= 4 is 53.4 Å². The fourth-order valence-electron chi connectivity index (χ4n) is 0. The molecule has 0 aliphatic carbocycles. The van der Waals surface area contributed by atoms with Gasteiger partial charge in [-0.25, -0.2) is 0 Å². The topological polar surface area (TPSA) is 0 Å². The molecule has 0 spiro atoms. The van der Waals surface area contributed by atoms with E-state index < -0.39 is 0 Å². The average molecular weight is 297 g/mol. The minimum atomic E-state index is 0.0789. The summed E-state index contributed by atoms with van der Waals surface area (Å²) >= 11 is 4.27. The second-order valence-corrected chi connectivity index (χ2v) is 11.5. The molecule has 0 unspecified atom stereocenters. The van der Waals surface area contributed by atoms with Crippen molar-refractivity contribution in [3.63, 3.8) is 0 Å². The van der Waals surface area contributed by atoms with Crippen molar-refractivity contribution in [3.8, 4) is 0 Å². The van der Waals surface area contributed by atoms with E-state index in [9.17, 15) is 0 Å². The Morgan fingerprint density at radius 3 is 1.50 bits per heavy atom. The Morgan fingerprint density at radius 1 is 1.50 bits per heavy atom. The summed E-state index contributed by atoms with van der Waals surface area (Å²) < 4.78 is 0.0789. The van der Waals surface area contributed by atoms with Gasteiger partial charge in [-0.1, -0.05) is 0 Å². The summed E-state index contributed by atoms with van der Waals surface area (Å²) in [6.07, 6.45) is 0. The van der Waals surface area contributed by atoms with Gasteiger partial charge in [0.25, 0.3) is 0 Å². The molecule has 0 amide bonds. The molecule has 0 aromatic heterocycles. The molecule has 0 bridgehead atoms. The Balaban J connectivity index is 3.02. The van der Waals surface area contributed by atoms with Gasteiger partial charge in [-0.05, 0) is 0 Å². The van der Waals surface area contributed by atoms with Crippen LogP contribution in [0.2, 0.25) is 0 Å². The molecule has 0 aliphatic rings. The summed E-state index contributed by atoms with van der Waals surface area (Å²) in [5, 5.41) is 0. The van der Waals surface area contributed by atoms with Crippen molar-refractivity contribution in [1.29, 1.82) is 0 Å². The van der Waals surface area contributed by atoms with Crippen LogP contribution in [-0.4, -0.2) is 6.53 Å². The first kappa shape index (κ1) is 5.87. The van der Waals surface area contributed by atoms with E-state index in [1.54, 1.807) is 0 Å². The molecule has 0 aromatic rings. The predicted octanol–water partition coefficient (Wildman–Crippen LogP) is 1.39. The first-order chi connectivity index (χ1) is 1.73. The van der Waals surface area contributed by atoms with Crippen LogP contribution >= 0.6 is 42.4 Å². The van der Waals surface area contributed by atoms with Crippen LogP contribution in [0, 0.1) is 0 Å². The summed E-state index contributed by atoms with van der Waals surface area (Å²) in [4.78, 5) is 0. The quantitative estimate of drug-likeness (QED) is 0.360. The zero-order valence-electron chi connectivity index (χ0n) is 1.74.